The van der Waals surface area contributed by atoms with E-state index in [9.17, 15) is 5.11 Å². The van der Waals surface area contributed by atoms with Crippen molar-refractivity contribution in [3.05, 3.63) is 39.8 Å². The number of phenols is 1. The average molecular weight is 291 g/mol. The first kappa shape index (κ1) is 12.6. The van der Waals surface area contributed by atoms with Crippen LogP contribution in [0.1, 0.15) is 18.5 Å². The second-order valence-electron chi connectivity index (χ2n) is 3.32. The van der Waals surface area contributed by atoms with Crippen LogP contribution in [-0.2, 0) is 0 Å². The number of halogens is 2. The van der Waals surface area contributed by atoms with Gasteiger partial charge in [-0.15, -0.1) is 0 Å². The second-order valence-corrected chi connectivity index (χ2v) is 4.77. The molecule has 0 saturated heterocycles. The van der Waals surface area contributed by atoms with Crippen molar-refractivity contribution in [2.24, 2.45) is 0 Å². The van der Waals surface area contributed by atoms with E-state index in [2.05, 4.69) is 27.8 Å². The van der Waals surface area contributed by atoms with E-state index in [0.717, 1.165) is 10.0 Å². The lowest BCUT2D eigenvalue weighted by atomic mass is 10.1. The lowest BCUT2D eigenvalue weighted by Crippen LogP contribution is -2.19. The molecule has 0 spiro atoms. The van der Waals surface area contributed by atoms with Crippen molar-refractivity contribution < 1.29 is 5.11 Å². The smallest absolute Gasteiger partial charge is 0.121 e. The van der Waals surface area contributed by atoms with E-state index in [1.54, 1.807) is 6.07 Å². The Morgan fingerprint density at radius 3 is 2.87 bits per heavy atom. The molecular formula is C11H13BrClNO. The molecule has 0 aromatic heterocycles. The summed E-state index contributed by atoms with van der Waals surface area (Å²) in [5.74, 6) is 0.268. The maximum atomic E-state index is 9.70. The first-order valence-corrected chi connectivity index (χ1v) is 5.73. The summed E-state index contributed by atoms with van der Waals surface area (Å²) >= 11 is 8.94. The minimum atomic E-state index is 0.0357. The lowest BCUT2D eigenvalue weighted by molar-refractivity contribution is 0.455. The van der Waals surface area contributed by atoms with E-state index in [-0.39, 0.29) is 11.8 Å². The fourth-order valence-corrected chi connectivity index (χ4v) is 1.68. The number of benzene rings is 1. The first-order chi connectivity index (χ1) is 7.00. The zero-order valence-electron chi connectivity index (χ0n) is 8.43. The molecule has 15 heavy (non-hydrogen) atoms. The van der Waals surface area contributed by atoms with Crippen molar-refractivity contribution in [2.45, 2.75) is 13.0 Å². The Labute approximate surface area is 103 Å². The number of phenolic OH excluding ortho intramolecular Hbond substituents is 1. The van der Waals surface area contributed by atoms with E-state index >= 15 is 0 Å². The van der Waals surface area contributed by atoms with Gasteiger partial charge in [0.1, 0.15) is 5.75 Å². The zero-order chi connectivity index (χ0) is 11.4. The van der Waals surface area contributed by atoms with Gasteiger partial charge in [0, 0.05) is 27.7 Å². The van der Waals surface area contributed by atoms with E-state index in [1.165, 1.54) is 0 Å². The molecule has 2 nitrogen and oxygen atoms in total. The average Bonchev–Trinajstić information content (AvgIpc) is 2.14. The molecule has 4 heteroatoms. The van der Waals surface area contributed by atoms with E-state index < -0.39 is 0 Å². The molecule has 0 aliphatic heterocycles. The van der Waals surface area contributed by atoms with Gasteiger partial charge in [-0.25, -0.2) is 0 Å². The fraction of sp³-hybridized carbons (Fsp3) is 0.273. The Morgan fingerprint density at radius 2 is 2.33 bits per heavy atom. The van der Waals surface area contributed by atoms with Crippen LogP contribution in [0.15, 0.2) is 34.3 Å². The van der Waals surface area contributed by atoms with Crippen LogP contribution in [-0.4, -0.2) is 11.7 Å². The number of hydrogen-bond acceptors (Lipinski definition) is 2. The molecule has 1 unspecified atom stereocenters. The molecule has 0 aliphatic rings. The van der Waals surface area contributed by atoms with E-state index in [1.807, 2.05) is 19.1 Å². The minimum Gasteiger partial charge on any atom is -0.508 e. The molecular weight excluding hydrogens is 277 g/mol. The highest BCUT2D eigenvalue weighted by Crippen LogP contribution is 2.27. The Bertz CT molecular complexity index is 368. The molecule has 1 aromatic rings. The Morgan fingerprint density at radius 1 is 1.67 bits per heavy atom. The van der Waals surface area contributed by atoms with Crippen LogP contribution in [0.5, 0.6) is 5.75 Å². The summed E-state index contributed by atoms with van der Waals surface area (Å²) in [6, 6.07) is 5.47. The predicted molar refractivity (Wildman–Crippen MR) is 67.2 cm³/mol. The monoisotopic (exact) mass is 289 g/mol. The van der Waals surface area contributed by atoms with Gasteiger partial charge >= 0.3 is 0 Å². The van der Waals surface area contributed by atoms with Crippen LogP contribution >= 0.6 is 27.5 Å². The van der Waals surface area contributed by atoms with E-state index in [0.29, 0.717) is 11.6 Å². The van der Waals surface area contributed by atoms with Crippen LogP contribution in [0, 0.1) is 0 Å². The lowest BCUT2D eigenvalue weighted by Gasteiger charge is -2.15. The van der Waals surface area contributed by atoms with Gasteiger partial charge in [-0.2, -0.15) is 0 Å². The number of rotatable bonds is 4. The van der Waals surface area contributed by atoms with Crippen molar-refractivity contribution in [3.63, 3.8) is 0 Å². The topological polar surface area (TPSA) is 32.3 Å². The summed E-state index contributed by atoms with van der Waals surface area (Å²) in [4.78, 5) is 0. The fourth-order valence-electron chi connectivity index (χ4n) is 1.26. The summed E-state index contributed by atoms with van der Waals surface area (Å²) < 4.78 is 0.859. The molecule has 0 saturated carbocycles. The molecule has 0 aliphatic carbocycles. The van der Waals surface area contributed by atoms with Crippen molar-refractivity contribution in [1.82, 2.24) is 5.32 Å². The highest BCUT2D eigenvalue weighted by Gasteiger charge is 2.09. The highest BCUT2D eigenvalue weighted by atomic mass is 79.9. The van der Waals surface area contributed by atoms with Crippen LogP contribution in [0.2, 0.25) is 0 Å². The first-order valence-electron chi connectivity index (χ1n) is 4.55. The maximum absolute atomic E-state index is 9.70. The molecule has 82 valence electrons. The van der Waals surface area contributed by atoms with Crippen LogP contribution in [0.4, 0.5) is 0 Å². The van der Waals surface area contributed by atoms with Crippen molar-refractivity contribution in [1.29, 1.82) is 0 Å². The Hall–Kier alpha value is -0.510. The van der Waals surface area contributed by atoms with Gasteiger partial charge in [-0.3, -0.25) is 0 Å². The van der Waals surface area contributed by atoms with Crippen LogP contribution in [0.25, 0.3) is 0 Å². The van der Waals surface area contributed by atoms with Gasteiger partial charge in [0.15, 0.2) is 0 Å². The molecule has 1 aromatic carbocycles. The van der Waals surface area contributed by atoms with Crippen LogP contribution in [0.3, 0.4) is 0 Å². The normalized spacial score (nSPS) is 12.5. The predicted octanol–water partition coefficient (Wildman–Crippen LogP) is 3.56. The second kappa shape index (κ2) is 5.54. The van der Waals surface area contributed by atoms with Gasteiger partial charge in [0.05, 0.1) is 0 Å². The molecule has 1 rings (SSSR count). The zero-order valence-corrected chi connectivity index (χ0v) is 10.8. The third kappa shape index (κ3) is 3.86. The van der Waals surface area contributed by atoms with Gasteiger partial charge in [-0.05, 0) is 19.1 Å². The molecule has 0 radical (unpaired) electrons. The maximum Gasteiger partial charge on any atom is 0.121 e. The number of hydrogen-bond donors (Lipinski definition) is 2. The van der Waals surface area contributed by atoms with Gasteiger partial charge < -0.3 is 10.4 Å². The third-order valence-electron chi connectivity index (χ3n) is 2.06. The molecule has 0 fully saturated rings. The largest absolute Gasteiger partial charge is 0.508 e. The van der Waals surface area contributed by atoms with Crippen molar-refractivity contribution in [2.75, 3.05) is 6.54 Å². The summed E-state index contributed by atoms with van der Waals surface area (Å²) in [6.07, 6.45) is 0. The van der Waals surface area contributed by atoms with Crippen molar-refractivity contribution in [3.8, 4) is 5.75 Å². The summed E-state index contributed by atoms with van der Waals surface area (Å²) in [5.41, 5.74) is 0.844. The van der Waals surface area contributed by atoms with Crippen LogP contribution < -0.4 is 5.32 Å². The summed E-state index contributed by atoms with van der Waals surface area (Å²) in [6.45, 7) is 6.08. The number of aromatic hydroxyl groups is 1. The molecule has 0 heterocycles. The minimum absolute atomic E-state index is 0.0357. The third-order valence-corrected chi connectivity index (χ3v) is 2.69. The quantitative estimate of drug-likeness (QED) is 0.889. The highest BCUT2D eigenvalue weighted by molar-refractivity contribution is 9.10. The van der Waals surface area contributed by atoms with Gasteiger partial charge in [-0.1, -0.05) is 40.2 Å². The van der Waals surface area contributed by atoms with E-state index in [4.69, 9.17) is 11.6 Å². The van der Waals surface area contributed by atoms with Crippen molar-refractivity contribution >= 4 is 27.5 Å². The molecule has 0 amide bonds. The molecule has 0 bridgehead atoms. The molecule has 2 N–H and O–H groups in total. The Kier molecular flexibility index (Phi) is 4.64. The van der Waals surface area contributed by atoms with Gasteiger partial charge in [0.2, 0.25) is 0 Å². The summed E-state index contributed by atoms with van der Waals surface area (Å²) in [7, 11) is 0. The Balaban J connectivity index is 2.73. The van der Waals surface area contributed by atoms with Gasteiger partial charge in [0.25, 0.3) is 0 Å². The molecule has 1 atom stereocenters. The summed E-state index contributed by atoms with van der Waals surface area (Å²) in [5, 5.41) is 13.4. The number of nitrogens with one attached hydrogen (secondary N) is 1. The standard InChI is InChI=1S/C11H13BrClNO/c1-7(13)6-14-8(2)10-4-3-9(12)5-11(10)15/h3-5,8,14-15H,1,6H2,2H3. The SMILES string of the molecule is C=C(Cl)CNC(C)c1ccc(Br)cc1O.